The van der Waals surface area contributed by atoms with Crippen LogP contribution in [0.5, 0.6) is 0 Å². The molecule has 0 N–H and O–H groups in total. The highest BCUT2D eigenvalue weighted by atomic mass is 31.0. The predicted molar refractivity (Wildman–Crippen MR) is 41.8 cm³/mol. The van der Waals surface area contributed by atoms with E-state index in [-0.39, 0.29) is 0 Å². The van der Waals surface area contributed by atoms with Crippen LogP contribution in [-0.2, 0) is 12.8 Å². The summed E-state index contributed by atoms with van der Waals surface area (Å²) in [6.45, 7) is 0. The highest BCUT2D eigenvalue weighted by molar-refractivity contribution is 7.14. The van der Waals surface area contributed by atoms with Crippen molar-refractivity contribution in [1.29, 1.82) is 0 Å². The minimum absolute atomic E-state index is 1.11. The Morgan fingerprint density at radius 3 is 2.90 bits per heavy atom. The maximum atomic E-state index is 4.05. The van der Waals surface area contributed by atoms with Gasteiger partial charge >= 0.3 is 0 Å². The summed E-state index contributed by atoms with van der Waals surface area (Å²) in [7, 11) is 2.56. The number of rotatable bonds is 0. The molecule has 0 saturated carbocycles. The lowest BCUT2D eigenvalue weighted by atomic mass is 10.0. The number of hydrogen-bond acceptors (Lipinski definition) is 2. The lowest BCUT2D eigenvalue weighted by Crippen LogP contribution is -2.03. The van der Waals surface area contributed by atoms with E-state index in [2.05, 4.69) is 19.7 Å². The Hall–Kier alpha value is -0.430. The van der Waals surface area contributed by atoms with Gasteiger partial charge in [-0.1, -0.05) is 5.21 Å². The number of nitrogens with zero attached hydrogens (tertiary/aromatic N) is 3. The van der Waals surface area contributed by atoms with E-state index in [0.29, 0.717) is 0 Å². The summed E-state index contributed by atoms with van der Waals surface area (Å²) in [5.41, 5.74) is 2.50. The molecule has 10 heavy (non-hydrogen) atoms. The van der Waals surface area contributed by atoms with E-state index in [1.165, 1.54) is 24.2 Å². The molecule has 1 aromatic heterocycles. The molecule has 0 radical (unpaired) electrons. The Bertz CT molecular complexity index is 243. The molecule has 1 heterocycles. The molecule has 0 aromatic carbocycles. The normalized spacial score (nSPS) is 16.9. The zero-order chi connectivity index (χ0) is 6.97. The predicted octanol–water partition coefficient (Wildman–Crippen LogP) is 0.795. The molecule has 1 aliphatic rings. The Labute approximate surface area is 62.1 Å². The standard InChI is InChI=1S/C6H10N3P/c10-9-6-4-2-1-3-5(6)7-8-9/h1-4,10H2. The Kier molecular flexibility index (Phi) is 1.46. The maximum Gasteiger partial charge on any atom is 0.0862 e. The van der Waals surface area contributed by atoms with Crippen LogP contribution in [0.4, 0.5) is 0 Å². The van der Waals surface area contributed by atoms with Gasteiger partial charge in [0.1, 0.15) is 0 Å². The second-order valence-electron chi connectivity index (χ2n) is 2.63. The van der Waals surface area contributed by atoms with Crippen LogP contribution in [0.1, 0.15) is 24.2 Å². The van der Waals surface area contributed by atoms with E-state index in [4.69, 9.17) is 0 Å². The van der Waals surface area contributed by atoms with Gasteiger partial charge in [-0.15, -0.1) is 5.10 Å². The first-order valence-corrected chi connectivity index (χ1v) is 4.08. The molecule has 3 nitrogen and oxygen atoms in total. The van der Waals surface area contributed by atoms with E-state index < -0.39 is 0 Å². The smallest absolute Gasteiger partial charge is 0.0862 e. The van der Waals surface area contributed by atoms with E-state index >= 15 is 0 Å². The summed E-state index contributed by atoms with van der Waals surface area (Å²) in [6.07, 6.45) is 4.82. The average Bonchev–Trinajstić information content (AvgIpc) is 2.34. The van der Waals surface area contributed by atoms with Crippen molar-refractivity contribution < 1.29 is 0 Å². The highest BCUT2D eigenvalue weighted by Gasteiger charge is 2.13. The van der Waals surface area contributed by atoms with Crippen molar-refractivity contribution in [1.82, 2.24) is 14.8 Å². The maximum absolute atomic E-state index is 4.05. The van der Waals surface area contributed by atoms with Gasteiger partial charge < -0.3 is 0 Å². The number of aromatic nitrogens is 3. The fourth-order valence-electron chi connectivity index (χ4n) is 1.38. The molecule has 1 atom stereocenters. The number of hydrogen-bond donors (Lipinski definition) is 0. The number of aryl methyl sites for hydroxylation is 1. The van der Waals surface area contributed by atoms with Gasteiger partial charge in [-0.05, 0) is 35.1 Å². The first kappa shape index (κ1) is 6.29. The molecular formula is C6H10N3P. The summed E-state index contributed by atoms with van der Waals surface area (Å²) in [5.74, 6) is 0. The third kappa shape index (κ3) is 0.853. The SMILES string of the molecule is Pn1nnc2c1CCCC2. The molecule has 54 valence electrons. The van der Waals surface area contributed by atoms with Crippen LogP contribution in [0.3, 0.4) is 0 Å². The van der Waals surface area contributed by atoms with Gasteiger partial charge in [-0.25, -0.2) is 4.45 Å². The molecule has 0 bridgehead atoms. The van der Waals surface area contributed by atoms with Gasteiger partial charge in [0, 0.05) is 0 Å². The van der Waals surface area contributed by atoms with Gasteiger partial charge in [-0.3, -0.25) is 0 Å². The lowest BCUT2D eigenvalue weighted by Gasteiger charge is -2.08. The van der Waals surface area contributed by atoms with Crippen molar-refractivity contribution in [3.63, 3.8) is 0 Å². The van der Waals surface area contributed by atoms with E-state index in [9.17, 15) is 0 Å². The minimum atomic E-state index is 1.11. The fraction of sp³-hybridized carbons (Fsp3) is 0.667. The molecule has 0 spiro atoms. The zero-order valence-corrected chi connectivity index (χ0v) is 6.90. The molecule has 1 aromatic rings. The van der Waals surface area contributed by atoms with Crippen LogP contribution in [0.2, 0.25) is 0 Å². The molecule has 0 saturated heterocycles. The van der Waals surface area contributed by atoms with Crippen molar-refractivity contribution in [2.75, 3.05) is 0 Å². The summed E-state index contributed by atoms with van der Waals surface area (Å²) in [6, 6.07) is 0. The largest absolute Gasteiger partial charge is 0.235 e. The van der Waals surface area contributed by atoms with Crippen LogP contribution in [0, 0.1) is 0 Å². The first-order chi connectivity index (χ1) is 4.88. The Morgan fingerprint density at radius 1 is 1.30 bits per heavy atom. The van der Waals surface area contributed by atoms with Crippen molar-refractivity contribution in [3.8, 4) is 0 Å². The molecule has 0 aliphatic heterocycles. The van der Waals surface area contributed by atoms with Crippen LogP contribution in [0.25, 0.3) is 0 Å². The van der Waals surface area contributed by atoms with E-state index in [0.717, 1.165) is 12.8 Å². The van der Waals surface area contributed by atoms with Gasteiger partial charge in [0.15, 0.2) is 0 Å². The van der Waals surface area contributed by atoms with Crippen LogP contribution in [-0.4, -0.2) is 14.8 Å². The second kappa shape index (κ2) is 2.31. The Morgan fingerprint density at radius 2 is 2.10 bits per heavy atom. The third-order valence-electron chi connectivity index (χ3n) is 1.95. The zero-order valence-electron chi connectivity index (χ0n) is 5.75. The van der Waals surface area contributed by atoms with Crippen molar-refractivity contribution in [2.24, 2.45) is 0 Å². The fourth-order valence-corrected chi connectivity index (χ4v) is 1.71. The van der Waals surface area contributed by atoms with Gasteiger partial charge in [0.25, 0.3) is 0 Å². The van der Waals surface area contributed by atoms with Crippen molar-refractivity contribution in [2.45, 2.75) is 25.7 Å². The summed E-state index contributed by atoms with van der Waals surface area (Å²) < 4.78 is 1.81. The minimum Gasteiger partial charge on any atom is -0.235 e. The van der Waals surface area contributed by atoms with Gasteiger partial charge in [-0.2, -0.15) is 0 Å². The van der Waals surface area contributed by atoms with Crippen molar-refractivity contribution >= 4 is 9.39 Å². The third-order valence-corrected chi connectivity index (χ3v) is 2.36. The monoisotopic (exact) mass is 155 g/mol. The topological polar surface area (TPSA) is 30.7 Å². The molecule has 1 aliphatic carbocycles. The summed E-state index contributed by atoms with van der Waals surface area (Å²) >= 11 is 0. The number of fused-ring (bicyclic) bond motifs is 1. The molecule has 0 amide bonds. The summed E-state index contributed by atoms with van der Waals surface area (Å²) in [4.78, 5) is 0. The second-order valence-corrected chi connectivity index (χ2v) is 3.12. The highest BCUT2D eigenvalue weighted by Crippen LogP contribution is 2.19. The quantitative estimate of drug-likeness (QED) is 0.519. The average molecular weight is 155 g/mol. The molecule has 0 fully saturated rings. The van der Waals surface area contributed by atoms with Crippen LogP contribution < -0.4 is 0 Å². The van der Waals surface area contributed by atoms with Crippen LogP contribution in [0.15, 0.2) is 0 Å². The molecule has 2 rings (SSSR count). The first-order valence-electron chi connectivity index (χ1n) is 3.56. The Balaban J connectivity index is 2.45. The van der Waals surface area contributed by atoms with Crippen molar-refractivity contribution in [3.05, 3.63) is 11.4 Å². The van der Waals surface area contributed by atoms with Gasteiger partial charge in [0.2, 0.25) is 0 Å². The van der Waals surface area contributed by atoms with E-state index in [1.807, 2.05) is 4.45 Å². The van der Waals surface area contributed by atoms with Gasteiger partial charge in [0.05, 0.1) is 11.4 Å². The molecule has 4 heteroatoms. The lowest BCUT2D eigenvalue weighted by molar-refractivity contribution is 0.663. The summed E-state index contributed by atoms with van der Waals surface area (Å²) in [5, 5.41) is 7.98. The molecule has 1 unspecified atom stereocenters. The van der Waals surface area contributed by atoms with Crippen LogP contribution >= 0.6 is 9.39 Å². The molecular weight excluding hydrogens is 145 g/mol. The van der Waals surface area contributed by atoms with E-state index in [1.54, 1.807) is 0 Å².